The standard InChI is InChI=1S/C11H17N3S/c12-14-10(11-2-1-7-15-11)8-9-3-5-13-6-4-9/h3-6,10-11,14H,1-2,7-8,12H2. The summed E-state index contributed by atoms with van der Waals surface area (Å²) in [5, 5.41) is 0.670. The first kappa shape index (κ1) is 10.9. The van der Waals surface area contributed by atoms with Crippen LogP contribution in [0.4, 0.5) is 0 Å². The molecule has 4 heteroatoms. The van der Waals surface area contributed by atoms with Crippen LogP contribution < -0.4 is 11.3 Å². The van der Waals surface area contributed by atoms with Gasteiger partial charge in [0.05, 0.1) is 0 Å². The van der Waals surface area contributed by atoms with Crippen LogP contribution >= 0.6 is 11.8 Å². The van der Waals surface area contributed by atoms with Crippen LogP contribution in [0.3, 0.4) is 0 Å². The van der Waals surface area contributed by atoms with E-state index in [1.165, 1.54) is 24.2 Å². The molecule has 0 aromatic carbocycles. The smallest absolute Gasteiger partial charge is 0.0369 e. The van der Waals surface area contributed by atoms with Gasteiger partial charge in [0.1, 0.15) is 0 Å². The Balaban J connectivity index is 1.96. The Morgan fingerprint density at radius 2 is 2.33 bits per heavy atom. The Bertz CT molecular complexity index is 285. The second-order valence-corrected chi connectivity index (χ2v) is 5.23. The molecule has 2 heterocycles. The summed E-state index contributed by atoms with van der Waals surface area (Å²) in [5.74, 6) is 6.90. The van der Waals surface area contributed by atoms with Crippen molar-refractivity contribution in [3.8, 4) is 0 Å². The van der Waals surface area contributed by atoms with E-state index in [4.69, 9.17) is 5.84 Å². The van der Waals surface area contributed by atoms with Gasteiger partial charge in [0.15, 0.2) is 0 Å². The van der Waals surface area contributed by atoms with Crippen LogP contribution in [0.1, 0.15) is 18.4 Å². The predicted molar refractivity (Wildman–Crippen MR) is 64.5 cm³/mol. The number of thioether (sulfide) groups is 1. The molecule has 1 saturated heterocycles. The number of nitrogens with one attached hydrogen (secondary N) is 1. The maximum atomic E-state index is 5.62. The van der Waals surface area contributed by atoms with Crippen molar-refractivity contribution in [3.63, 3.8) is 0 Å². The van der Waals surface area contributed by atoms with Crippen molar-refractivity contribution in [2.75, 3.05) is 5.75 Å². The summed E-state index contributed by atoms with van der Waals surface area (Å²) in [7, 11) is 0. The molecule has 0 bridgehead atoms. The lowest BCUT2D eigenvalue weighted by atomic mass is 10.0. The number of aromatic nitrogens is 1. The monoisotopic (exact) mass is 223 g/mol. The van der Waals surface area contributed by atoms with E-state index in [1.807, 2.05) is 24.2 Å². The highest BCUT2D eigenvalue weighted by Crippen LogP contribution is 2.29. The highest BCUT2D eigenvalue weighted by molar-refractivity contribution is 8.00. The van der Waals surface area contributed by atoms with E-state index < -0.39 is 0 Å². The van der Waals surface area contributed by atoms with Gasteiger partial charge in [-0.05, 0) is 42.7 Å². The second-order valence-electron chi connectivity index (χ2n) is 3.88. The molecule has 15 heavy (non-hydrogen) atoms. The van der Waals surface area contributed by atoms with Gasteiger partial charge >= 0.3 is 0 Å². The van der Waals surface area contributed by atoms with Gasteiger partial charge in [-0.15, -0.1) is 0 Å². The highest BCUT2D eigenvalue weighted by atomic mass is 32.2. The summed E-state index contributed by atoms with van der Waals surface area (Å²) in [6.45, 7) is 0. The minimum atomic E-state index is 0.389. The number of hydrogen-bond acceptors (Lipinski definition) is 4. The van der Waals surface area contributed by atoms with Crippen molar-refractivity contribution in [2.45, 2.75) is 30.6 Å². The molecule has 0 aliphatic carbocycles. The lowest BCUT2D eigenvalue weighted by molar-refractivity contribution is 0.496. The van der Waals surface area contributed by atoms with Crippen LogP contribution in [-0.2, 0) is 6.42 Å². The zero-order valence-electron chi connectivity index (χ0n) is 8.73. The third-order valence-electron chi connectivity index (χ3n) is 2.83. The zero-order valence-corrected chi connectivity index (χ0v) is 9.54. The first-order chi connectivity index (χ1) is 7.40. The molecule has 1 aliphatic rings. The Morgan fingerprint density at radius 3 is 2.93 bits per heavy atom. The summed E-state index contributed by atoms with van der Waals surface area (Å²) in [4.78, 5) is 4.02. The number of nitrogens with two attached hydrogens (primary N) is 1. The Labute approximate surface area is 94.8 Å². The number of pyridine rings is 1. The minimum absolute atomic E-state index is 0.389. The van der Waals surface area contributed by atoms with Crippen LogP contribution in [0.5, 0.6) is 0 Å². The molecule has 0 amide bonds. The van der Waals surface area contributed by atoms with E-state index >= 15 is 0 Å². The van der Waals surface area contributed by atoms with Gasteiger partial charge in [0.25, 0.3) is 0 Å². The van der Waals surface area contributed by atoms with Gasteiger partial charge in [-0.3, -0.25) is 16.3 Å². The molecule has 0 spiro atoms. The molecule has 1 aliphatic heterocycles. The van der Waals surface area contributed by atoms with Crippen LogP contribution in [0, 0.1) is 0 Å². The van der Waals surface area contributed by atoms with E-state index in [-0.39, 0.29) is 0 Å². The predicted octanol–water partition coefficient (Wildman–Crippen LogP) is 1.35. The van der Waals surface area contributed by atoms with Crippen molar-refractivity contribution in [2.24, 2.45) is 5.84 Å². The van der Waals surface area contributed by atoms with Crippen LogP contribution in [0.15, 0.2) is 24.5 Å². The molecule has 0 radical (unpaired) electrons. The van der Waals surface area contributed by atoms with Gasteiger partial charge in [-0.2, -0.15) is 11.8 Å². The van der Waals surface area contributed by atoms with Crippen molar-refractivity contribution in [1.29, 1.82) is 0 Å². The van der Waals surface area contributed by atoms with Crippen molar-refractivity contribution >= 4 is 11.8 Å². The summed E-state index contributed by atoms with van der Waals surface area (Å²) >= 11 is 2.04. The largest absolute Gasteiger partial charge is 0.271 e. The van der Waals surface area contributed by atoms with Crippen LogP contribution in [-0.4, -0.2) is 22.0 Å². The van der Waals surface area contributed by atoms with Crippen molar-refractivity contribution in [3.05, 3.63) is 30.1 Å². The normalized spacial score (nSPS) is 22.9. The van der Waals surface area contributed by atoms with E-state index in [0.29, 0.717) is 11.3 Å². The van der Waals surface area contributed by atoms with Crippen LogP contribution in [0.2, 0.25) is 0 Å². The topological polar surface area (TPSA) is 50.9 Å². The molecule has 2 atom stereocenters. The third-order valence-corrected chi connectivity index (χ3v) is 4.35. The fourth-order valence-electron chi connectivity index (χ4n) is 1.99. The molecular formula is C11H17N3S. The van der Waals surface area contributed by atoms with Crippen LogP contribution in [0.25, 0.3) is 0 Å². The summed E-state index contributed by atoms with van der Waals surface area (Å²) in [6.07, 6.45) is 7.28. The van der Waals surface area contributed by atoms with Gasteiger partial charge in [-0.1, -0.05) is 0 Å². The summed E-state index contributed by atoms with van der Waals surface area (Å²) < 4.78 is 0. The van der Waals surface area contributed by atoms with Gasteiger partial charge in [0.2, 0.25) is 0 Å². The quantitative estimate of drug-likeness (QED) is 0.597. The maximum Gasteiger partial charge on any atom is 0.0369 e. The molecule has 2 unspecified atom stereocenters. The van der Waals surface area contributed by atoms with Crippen molar-refractivity contribution < 1.29 is 0 Å². The first-order valence-electron chi connectivity index (χ1n) is 5.37. The molecule has 1 aromatic heterocycles. The Kier molecular flexibility index (Phi) is 4.00. The molecule has 82 valence electrons. The fourth-order valence-corrected chi connectivity index (χ4v) is 3.37. The first-order valence-corrected chi connectivity index (χ1v) is 6.41. The SMILES string of the molecule is NNC(Cc1ccncc1)C1CCCS1. The fraction of sp³-hybridized carbons (Fsp3) is 0.545. The average molecular weight is 223 g/mol. The van der Waals surface area contributed by atoms with Gasteiger partial charge in [-0.25, -0.2) is 0 Å². The summed E-state index contributed by atoms with van der Waals surface area (Å²) in [6, 6.07) is 4.51. The van der Waals surface area contributed by atoms with E-state index in [0.717, 1.165) is 6.42 Å². The molecule has 1 fully saturated rings. The van der Waals surface area contributed by atoms with E-state index in [2.05, 4.69) is 22.5 Å². The second kappa shape index (κ2) is 5.49. The summed E-state index contributed by atoms with van der Waals surface area (Å²) in [5.41, 5.74) is 4.26. The van der Waals surface area contributed by atoms with Crippen molar-refractivity contribution in [1.82, 2.24) is 10.4 Å². The molecule has 1 aromatic rings. The minimum Gasteiger partial charge on any atom is -0.271 e. The zero-order chi connectivity index (χ0) is 10.5. The lowest BCUT2D eigenvalue weighted by Crippen LogP contribution is -2.43. The average Bonchev–Trinajstić information content (AvgIpc) is 2.81. The third kappa shape index (κ3) is 2.93. The number of nitrogens with zero attached hydrogens (tertiary/aromatic N) is 1. The molecular weight excluding hydrogens is 206 g/mol. The molecule has 3 N–H and O–H groups in total. The van der Waals surface area contributed by atoms with E-state index in [1.54, 1.807) is 0 Å². The number of hydrogen-bond donors (Lipinski definition) is 2. The molecule has 0 saturated carbocycles. The highest BCUT2D eigenvalue weighted by Gasteiger charge is 2.24. The van der Waals surface area contributed by atoms with E-state index in [9.17, 15) is 0 Å². The lowest BCUT2D eigenvalue weighted by Gasteiger charge is -2.21. The number of rotatable bonds is 4. The molecule has 3 nitrogen and oxygen atoms in total. The molecule has 2 rings (SSSR count). The number of hydrazine groups is 1. The maximum absolute atomic E-state index is 5.62. The van der Waals surface area contributed by atoms with Gasteiger partial charge in [0, 0.05) is 23.7 Å². The Morgan fingerprint density at radius 1 is 1.53 bits per heavy atom. The Hall–Kier alpha value is -0.580. The van der Waals surface area contributed by atoms with Gasteiger partial charge < -0.3 is 0 Å².